The summed E-state index contributed by atoms with van der Waals surface area (Å²) in [6.45, 7) is 1.77. The number of rotatable bonds is 1. The minimum atomic E-state index is -1.06. The smallest absolute Gasteiger partial charge is 0.356 e. The fraction of sp³-hybridized carbons (Fsp3) is 0.125. The quantitative estimate of drug-likeness (QED) is 0.680. The molecule has 5 nitrogen and oxygen atoms in total. The number of hydrogen-bond acceptors (Lipinski definition) is 3. The molecule has 0 atom stereocenters. The Labute approximate surface area is 73.4 Å². The van der Waals surface area contributed by atoms with Gasteiger partial charge in [-0.2, -0.15) is 0 Å². The summed E-state index contributed by atoms with van der Waals surface area (Å²) in [5.74, 6) is -0.373. The van der Waals surface area contributed by atoms with E-state index in [2.05, 4.69) is 15.0 Å². The highest BCUT2D eigenvalue weighted by Crippen LogP contribution is 2.13. The van der Waals surface area contributed by atoms with E-state index in [1.807, 2.05) is 0 Å². The number of aromatic carboxylic acids is 1. The first kappa shape index (κ1) is 7.72. The zero-order chi connectivity index (χ0) is 9.42. The van der Waals surface area contributed by atoms with Gasteiger partial charge in [0.2, 0.25) is 0 Å². The number of aromatic nitrogens is 3. The number of pyridine rings is 1. The van der Waals surface area contributed by atoms with Crippen LogP contribution >= 0.6 is 0 Å². The third kappa shape index (κ3) is 1.14. The Balaban J connectivity index is 2.82. The van der Waals surface area contributed by atoms with E-state index < -0.39 is 5.97 Å². The third-order valence-corrected chi connectivity index (χ3v) is 1.72. The van der Waals surface area contributed by atoms with Gasteiger partial charge in [0.05, 0.1) is 5.52 Å². The lowest BCUT2D eigenvalue weighted by atomic mass is 10.3. The molecule has 0 bridgehead atoms. The zero-order valence-electron chi connectivity index (χ0n) is 6.90. The Morgan fingerprint density at radius 1 is 1.62 bits per heavy atom. The third-order valence-electron chi connectivity index (χ3n) is 1.72. The van der Waals surface area contributed by atoms with Crippen molar-refractivity contribution in [3.63, 3.8) is 0 Å². The average molecular weight is 177 g/mol. The van der Waals surface area contributed by atoms with E-state index in [4.69, 9.17) is 5.11 Å². The van der Waals surface area contributed by atoms with Crippen molar-refractivity contribution in [2.45, 2.75) is 6.92 Å². The van der Waals surface area contributed by atoms with Gasteiger partial charge in [-0.25, -0.2) is 14.8 Å². The van der Waals surface area contributed by atoms with Gasteiger partial charge in [-0.1, -0.05) is 0 Å². The van der Waals surface area contributed by atoms with Crippen molar-refractivity contribution in [1.82, 2.24) is 15.0 Å². The van der Waals surface area contributed by atoms with Crippen molar-refractivity contribution in [3.8, 4) is 0 Å². The standard InChI is InChI=1S/C8H7N3O2/c1-4-10-5-2-3-9-7(8(12)13)6(5)11-4/h2-3H,1H3,(H,10,11)(H,12,13). The molecule has 0 amide bonds. The van der Waals surface area contributed by atoms with E-state index in [0.717, 1.165) is 0 Å². The van der Waals surface area contributed by atoms with Gasteiger partial charge in [-0.15, -0.1) is 0 Å². The number of carboxylic acid groups (broad SMARTS) is 1. The van der Waals surface area contributed by atoms with Gasteiger partial charge in [-0.05, 0) is 13.0 Å². The lowest BCUT2D eigenvalue weighted by Gasteiger charge is -1.92. The van der Waals surface area contributed by atoms with Gasteiger partial charge >= 0.3 is 5.97 Å². The van der Waals surface area contributed by atoms with Gasteiger partial charge < -0.3 is 10.1 Å². The number of hydrogen-bond donors (Lipinski definition) is 2. The number of nitrogens with one attached hydrogen (secondary N) is 1. The molecule has 0 spiro atoms. The number of aryl methyl sites for hydroxylation is 1. The largest absolute Gasteiger partial charge is 0.476 e. The van der Waals surface area contributed by atoms with Crippen molar-refractivity contribution < 1.29 is 9.90 Å². The van der Waals surface area contributed by atoms with Gasteiger partial charge in [0.25, 0.3) is 0 Å². The van der Waals surface area contributed by atoms with Crippen LogP contribution in [0, 0.1) is 6.92 Å². The van der Waals surface area contributed by atoms with E-state index in [1.165, 1.54) is 6.20 Å². The molecule has 0 aliphatic carbocycles. The normalized spacial score (nSPS) is 10.5. The minimum absolute atomic E-state index is 0.0122. The summed E-state index contributed by atoms with van der Waals surface area (Å²) in [7, 11) is 0. The van der Waals surface area contributed by atoms with Crippen molar-refractivity contribution in [3.05, 3.63) is 23.8 Å². The molecule has 2 aromatic rings. The number of imidazole rings is 1. The maximum Gasteiger partial charge on any atom is 0.356 e. The molecule has 0 saturated carbocycles. The Hall–Kier alpha value is -1.91. The molecule has 66 valence electrons. The van der Waals surface area contributed by atoms with E-state index in [0.29, 0.717) is 16.9 Å². The van der Waals surface area contributed by atoms with E-state index >= 15 is 0 Å². The van der Waals surface area contributed by atoms with Crippen LogP contribution in [0.1, 0.15) is 16.3 Å². The molecule has 0 aromatic carbocycles. The minimum Gasteiger partial charge on any atom is -0.476 e. The molecule has 5 heteroatoms. The van der Waals surface area contributed by atoms with Crippen LogP contribution in [0.2, 0.25) is 0 Å². The average Bonchev–Trinajstić information content (AvgIpc) is 2.43. The summed E-state index contributed by atoms with van der Waals surface area (Å²) in [6.07, 6.45) is 1.45. The molecule has 2 N–H and O–H groups in total. The summed E-state index contributed by atoms with van der Waals surface area (Å²) >= 11 is 0. The highest BCUT2D eigenvalue weighted by Gasteiger charge is 2.12. The lowest BCUT2D eigenvalue weighted by Crippen LogP contribution is -2.00. The van der Waals surface area contributed by atoms with Crippen LogP contribution in [0.3, 0.4) is 0 Å². The number of aromatic amines is 1. The fourth-order valence-corrected chi connectivity index (χ4v) is 1.22. The first-order valence-electron chi connectivity index (χ1n) is 3.73. The maximum absolute atomic E-state index is 10.7. The molecule has 0 saturated heterocycles. The summed E-state index contributed by atoms with van der Waals surface area (Å²) in [5.41, 5.74) is 1.10. The monoisotopic (exact) mass is 177 g/mol. The molecule has 2 aromatic heterocycles. The molecule has 0 fully saturated rings. The Kier molecular flexibility index (Phi) is 1.51. The molecule has 2 heterocycles. The molecule has 13 heavy (non-hydrogen) atoms. The summed E-state index contributed by atoms with van der Waals surface area (Å²) in [4.78, 5) is 21.4. The van der Waals surface area contributed by atoms with Crippen molar-refractivity contribution >= 4 is 17.0 Å². The maximum atomic E-state index is 10.7. The van der Waals surface area contributed by atoms with Crippen LogP contribution in [0.25, 0.3) is 11.0 Å². The SMILES string of the molecule is Cc1nc2c(C(=O)O)nccc2[nH]1. The zero-order valence-corrected chi connectivity index (χ0v) is 6.90. The van der Waals surface area contributed by atoms with Crippen LogP contribution in [0.15, 0.2) is 12.3 Å². The number of nitrogens with zero attached hydrogens (tertiary/aromatic N) is 2. The van der Waals surface area contributed by atoms with Gasteiger partial charge in [-0.3, -0.25) is 0 Å². The second-order valence-corrected chi connectivity index (χ2v) is 2.68. The van der Waals surface area contributed by atoms with Crippen molar-refractivity contribution in [2.24, 2.45) is 0 Å². The fourth-order valence-electron chi connectivity index (χ4n) is 1.22. The highest BCUT2D eigenvalue weighted by atomic mass is 16.4. The van der Waals surface area contributed by atoms with Gasteiger partial charge in [0.15, 0.2) is 5.69 Å². The van der Waals surface area contributed by atoms with E-state index in [9.17, 15) is 4.79 Å². The number of H-pyrrole nitrogens is 1. The van der Waals surface area contributed by atoms with Crippen LogP contribution in [-0.4, -0.2) is 26.0 Å². The predicted octanol–water partition coefficient (Wildman–Crippen LogP) is 0.965. The molecule has 2 rings (SSSR count). The number of fused-ring (bicyclic) bond motifs is 1. The first-order valence-corrected chi connectivity index (χ1v) is 3.73. The van der Waals surface area contributed by atoms with Gasteiger partial charge in [0.1, 0.15) is 11.3 Å². The van der Waals surface area contributed by atoms with Gasteiger partial charge in [0, 0.05) is 6.20 Å². The van der Waals surface area contributed by atoms with Crippen LogP contribution in [0.4, 0.5) is 0 Å². The van der Waals surface area contributed by atoms with E-state index in [-0.39, 0.29) is 5.69 Å². The predicted molar refractivity (Wildman–Crippen MR) is 45.6 cm³/mol. The highest BCUT2D eigenvalue weighted by molar-refractivity contribution is 5.98. The summed E-state index contributed by atoms with van der Waals surface area (Å²) in [6, 6.07) is 1.70. The lowest BCUT2D eigenvalue weighted by molar-refractivity contribution is 0.0692. The van der Waals surface area contributed by atoms with Crippen molar-refractivity contribution in [1.29, 1.82) is 0 Å². The molecular formula is C8H7N3O2. The van der Waals surface area contributed by atoms with Crippen LogP contribution < -0.4 is 0 Å². The second-order valence-electron chi connectivity index (χ2n) is 2.68. The second kappa shape index (κ2) is 2.55. The topological polar surface area (TPSA) is 78.9 Å². The Morgan fingerprint density at radius 3 is 3.08 bits per heavy atom. The Morgan fingerprint density at radius 2 is 2.38 bits per heavy atom. The molecule has 0 radical (unpaired) electrons. The molecule has 0 aliphatic heterocycles. The summed E-state index contributed by atoms with van der Waals surface area (Å²) in [5, 5.41) is 8.78. The van der Waals surface area contributed by atoms with Crippen LogP contribution in [0.5, 0.6) is 0 Å². The molecule has 0 unspecified atom stereocenters. The number of carbonyl (C=O) groups is 1. The first-order chi connectivity index (χ1) is 6.18. The van der Waals surface area contributed by atoms with Crippen LogP contribution in [-0.2, 0) is 0 Å². The molecular weight excluding hydrogens is 170 g/mol. The number of carboxylic acids is 1. The van der Waals surface area contributed by atoms with E-state index in [1.54, 1.807) is 13.0 Å². The summed E-state index contributed by atoms with van der Waals surface area (Å²) < 4.78 is 0. The molecule has 0 aliphatic rings. The van der Waals surface area contributed by atoms with Crippen molar-refractivity contribution in [2.75, 3.05) is 0 Å². The Bertz CT molecular complexity index is 475.